The Balaban J connectivity index is -0.0000000383. The molecule has 0 aliphatic carbocycles. The van der Waals surface area contributed by atoms with Gasteiger partial charge in [-0.25, -0.2) is 0 Å². The van der Waals surface area contributed by atoms with Crippen LogP contribution in [0.3, 0.4) is 0 Å². The molecule has 0 fully saturated rings. The minimum Gasteiger partial charge on any atom is -0.794 e. The van der Waals surface area contributed by atoms with E-state index in [0.717, 1.165) is 0 Å². The fraction of sp³-hybridized carbons (Fsp3) is 0. The molecule has 11 heavy (non-hydrogen) atoms. The Hall–Kier alpha value is 1.96. The van der Waals surface area contributed by atoms with Crippen molar-refractivity contribution in [1.29, 1.82) is 0 Å². The third-order valence-corrected chi connectivity index (χ3v) is 0. The number of hydrogen-bond donors (Lipinski definition) is 4. The molecular weight excluding hydrogens is 214 g/mol. The summed E-state index contributed by atoms with van der Waals surface area (Å²) < 4.78 is 0. The molecule has 10 heteroatoms. The summed E-state index contributed by atoms with van der Waals surface area (Å²) in [5.74, 6) is 0. The predicted molar refractivity (Wildman–Crippen MR) is 20.4 cm³/mol. The minimum atomic E-state index is -4.86. The van der Waals surface area contributed by atoms with Crippen LogP contribution in [0, 0.1) is 0 Å². The molecule has 0 spiro atoms. The summed E-state index contributed by atoms with van der Waals surface area (Å²) in [6, 6.07) is 0. The van der Waals surface area contributed by atoms with Gasteiger partial charge in [0.15, 0.2) is 0 Å². The van der Waals surface area contributed by atoms with Gasteiger partial charge in [0.25, 0.3) is 0 Å². The fourth-order valence-electron chi connectivity index (χ4n) is 0. The molecule has 0 aromatic heterocycles. The molecule has 0 rings (SSSR count). The van der Waals surface area contributed by atoms with Crippen molar-refractivity contribution in [2.24, 2.45) is 0 Å². The monoisotopic (exact) mass is 218 g/mol. The summed E-state index contributed by atoms with van der Waals surface area (Å²) in [6.07, 6.45) is -2.08. The zero-order valence-electron chi connectivity index (χ0n) is 6.01. The normalized spacial score (nSPS) is 7.64. The zero-order valence-corrected chi connectivity index (χ0v) is 12.1. The van der Waals surface area contributed by atoms with E-state index in [1.54, 1.807) is 0 Å². The first-order valence-electron chi connectivity index (χ1n) is 1.51. The molecule has 0 amide bonds. The third-order valence-electron chi connectivity index (χ3n) is 0. The average molecular weight is 218 g/mol. The Bertz CT molecular complexity index is 80.9. The molecule has 0 aliphatic heterocycles. The van der Waals surface area contributed by atoms with Crippen LogP contribution < -0.4 is 90.8 Å². The second-order valence-electron chi connectivity index (χ2n) is 0.840. The van der Waals surface area contributed by atoms with Crippen LogP contribution in [-0.2, 0) is 0 Å². The molecule has 0 heterocycles. The van der Waals surface area contributed by atoms with Gasteiger partial charge in [-0.3, -0.25) is 0 Å². The van der Waals surface area contributed by atoms with E-state index < -0.39 is 15.2 Å². The Morgan fingerprint density at radius 2 is 1.27 bits per heavy atom. The van der Waals surface area contributed by atoms with Crippen molar-refractivity contribution in [2.75, 3.05) is 0 Å². The smallest absolute Gasteiger partial charge is 0.794 e. The van der Waals surface area contributed by atoms with Crippen LogP contribution in [-0.4, -0.2) is 34.7 Å². The molecule has 56 valence electrons. The Morgan fingerprint density at radius 3 is 1.27 bits per heavy atom. The van der Waals surface area contributed by atoms with E-state index in [1.165, 1.54) is 0 Å². The summed E-state index contributed by atoms with van der Waals surface area (Å²) in [6.45, 7) is 0. The Kier molecular flexibility index (Phi) is 25.1. The average Bonchev–Trinajstić information content (AvgIpc) is 1.19. The molecule has 0 unspecified atom stereocenters. The number of rotatable bonds is 0. The van der Waals surface area contributed by atoms with Crippen LogP contribution in [0.4, 0.5) is 4.79 Å². The van der Waals surface area contributed by atoms with E-state index in [9.17, 15) is 0 Å². The van der Waals surface area contributed by atoms with Crippen LogP contribution in [0.15, 0.2) is 0 Å². The van der Waals surface area contributed by atoms with Gasteiger partial charge in [0.1, 0.15) is 0 Å². The van der Waals surface area contributed by atoms with Crippen molar-refractivity contribution in [3.8, 4) is 0 Å². The van der Waals surface area contributed by atoms with Gasteiger partial charge in [-0.15, -0.1) is 0 Å². The van der Waals surface area contributed by atoms with Crippen LogP contribution in [0.2, 0.25) is 0 Å². The first-order valence-corrected chi connectivity index (χ1v) is 3.26. The second kappa shape index (κ2) is 12.0. The van der Waals surface area contributed by atoms with E-state index in [4.69, 9.17) is 34.2 Å². The summed E-state index contributed by atoms with van der Waals surface area (Å²) in [5.41, 5.74) is 0. The van der Waals surface area contributed by atoms with E-state index in [2.05, 4.69) is 0 Å². The second-order valence-corrected chi connectivity index (χ2v) is 1.99. The molecule has 0 saturated carbocycles. The van der Waals surface area contributed by atoms with Gasteiger partial charge in [-0.05, 0) is 0 Å². The topological polar surface area (TPSA) is 144 Å². The number of hydrogen-bond acceptors (Lipinski definition) is 6. The zero-order chi connectivity index (χ0) is 8.08. The number of carboxylic acid groups (broad SMARTS) is 2. The van der Waals surface area contributed by atoms with E-state index in [1.807, 2.05) is 0 Å². The predicted octanol–water partition coefficient (Wildman–Crippen LogP) is -10.3. The van der Waals surface area contributed by atoms with Gasteiger partial charge in [0.05, 0.1) is 0 Å². The van der Waals surface area contributed by atoms with Gasteiger partial charge in [-0.1, -0.05) is 0 Å². The Morgan fingerprint density at radius 1 is 1.27 bits per heavy atom. The quantitative estimate of drug-likeness (QED) is 0.295. The molecular formula is CH4KNaO7Si. The standard InChI is InChI=1S/CH2O3.K.Na.H3O4Si/c2-1(3)4;;;1-5(2,3)4/h(H2,2,3,4);;;1-3H/q;2*+1;-1/p-1. The minimum absolute atomic E-state index is 0. The van der Waals surface area contributed by atoms with E-state index >= 15 is 0 Å². The van der Waals surface area contributed by atoms with Gasteiger partial charge in [0.2, 0.25) is 6.16 Å². The fourth-order valence-corrected chi connectivity index (χ4v) is 0. The first-order chi connectivity index (χ1) is 3.73. The van der Waals surface area contributed by atoms with Gasteiger partial charge >= 0.3 is 90.0 Å². The maximum absolute atomic E-state index is 8.91. The molecule has 4 N–H and O–H groups in total. The maximum Gasteiger partial charge on any atom is 1.00 e. The molecule has 0 aromatic rings. The van der Waals surface area contributed by atoms with Crippen LogP contribution in [0.5, 0.6) is 0 Å². The molecule has 0 bridgehead atoms. The van der Waals surface area contributed by atoms with Crippen molar-refractivity contribution in [2.45, 2.75) is 0 Å². The van der Waals surface area contributed by atoms with Crippen molar-refractivity contribution >= 4 is 15.2 Å². The van der Waals surface area contributed by atoms with Crippen molar-refractivity contribution in [1.82, 2.24) is 0 Å². The summed E-state index contributed by atoms with van der Waals surface area (Å²) in [5, 5.41) is 15.3. The molecule has 0 aliphatic rings. The number of carbonyl (C=O) groups is 1. The van der Waals surface area contributed by atoms with Crippen LogP contribution >= 0.6 is 0 Å². The Labute approximate surface area is 128 Å². The van der Waals surface area contributed by atoms with Crippen molar-refractivity contribution in [3.05, 3.63) is 0 Å². The third kappa shape index (κ3) is 308. The summed E-state index contributed by atoms with van der Waals surface area (Å²) in [7, 11) is -4.86. The summed E-state index contributed by atoms with van der Waals surface area (Å²) >= 11 is 0. The van der Waals surface area contributed by atoms with Crippen LogP contribution in [0.25, 0.3) is 0 Å². The largest absolute Gasteiger partial charge is 1.00 e. The van der Waals surface area contributed by atoms with Crippen molar-refractivity contribution < 1.29 is 115 Å². The van der Waals surface area contributed by atoms with Crippen LogP contribution in [0.1, 0.15) is 0 Å². The van der Waals surface area contributed by atoms with Gasteiger partial charge < -0.3 is 34.2 Å². The molecule has 0 radical (unpaired) electrons. The molecule has 7 nitrogen and oxygen atoms in total. The molecule has 0 aromatic carbocycles. The van der Waals surface area contributed by atoms with E-state index in [-0.39, 0.29) is 80.9 Å². The van der Waals surface area contributed by atoms with Crippen molar-refractivity contribution in [3.63, 3.8) is 0 Å². The first kappa shape index (κ1) is 23.1. The SMILES string of the molecule is O=C([O-])O.[K+].[Na+].[O-][Si](O)(O)O. The molecule has 0 saturated heterocycles. The maximum atomic E-state index is 8.91. The van der Waals surface area contributed by atoms with Gasteiger partial charge in [0, 0.05) is 0 Å². The van der Waals surface area contributed by atoms with E-state index in [0.29, 0.717) is 0 Å². The summed E-state index contributed by atoms with van der Waals surface area (Å²) in [4.78, 5) is 39.0. The molecule has 0 atom stereocenters. The van der Waals surface area contributed by atoms with Gasteiger partial charge in [-0.2, -0.15) is 0 Å².